The van der Waals surface area contributed by atoms with E-state index in [-0.39, 0.29) is 32.6 Å². The van der Waals surface area contributed by atoms with Crippen molar-refractivity contribution in [3.8, 4) is 5.75 Å². The third-order valence-electron chi connectivity index (χ3n) is 3.89. The summed E-state index contributed by atoms with van der Waals surface area (Å²) in [7, 11) is -3.49. The van der Waals surface area contributed by atoms with Crippen molar-refractivity contribution in [3.63, 3.8) is 0 Å². The van der Waals surface area contributed by atoms with Gasteiger partial charge in [-0.3, -0.25) is 14.9 Å². The number of nitrogens with zero attached hydrogens (tertiary/aromatic N) is 1. The molecule has 0 aliphatic carbocycles. The molecule has 0 unspecified atom stereocenters. The molecule has 140 valence electrons. The fraction of sp³-hybridized carbons (Fsp3) is 0.118. The topological polar surface area (TPSA) is 127 Å². The average Bonchev–Trinajstić information content (AvgIpc) is 3.06. The third kappa shape index (κ3) is 3.76. The molecule has 0 aliphatic heterocycles. The summed E-state index contributed by atoms with van der Waals surface area (Å²) in [6.07, 6.45) is 0. The molecule has 2 N–H and O–H groups in total. The predicted molar refractivity (Wildman–Crippen MR) is 102 cm³/mol. The second-order valence-corrected chi connectivity index (χ2v) is 8.99. The van der Waals surface area contributed by atoms with Crippen LogP contribution in [0, 0.1) is 10.1 Å². The molecule has 0 radical (unpaired) electrons. The molecule has 3 aromatic rings. The number of fused-ring (bicyclic) bond motifs is 1. The Morgan fingerprint density at radius 1 is 1.22 bits per heavy atom. The van der Waals surface area contributed by atoms with Gasteiger partial charge in [0.25, 0.3) is 11.6 Å². The van der Waals surface area contributed by atoms with Gasteiger partial charge in [0.1, 0.15) is 5.75 Å². The first-order valence-corrected chi connectivity index (χ1v) is 10.2. The average molecular weight is 406 g/mol. The first-order valence-electron chi connectivity index (χ1n) is 7.76. The van der Waals surface area contributed by atoms with Crippen LogP contribution in [-0.4, -0.2) is 30.1 Å². The van der Waals surface area contributed by atoms with Crippen LogP contribution in [0.4, 0.5) is 11.4 Å². The molecule has 8 nitrogen and oxygen atoms in total. The lowest BCUT2D eigenvalue weighted by atomic mass is 10.2. The van der Waals surface area contributed by atoms with Crippen molar-refractivity contribution >= 4 is 48.5 Å². The molecule has 2 aromatic carbocycles. The summed E-state index contributed by atoms with van der Waals surface area (Å²) in [5.41, 5.74) is -0.111. The molecule has 0 saturated carbocycles. The zero-order chi connectivity index (χ0) is 19.8. The Bertz CT molecular complexity index is 1170. The van der Waals surface area contributed by atoms with Crippen molar-refractivity contribution in [1.82, 2.24) is 0 Å². The lowest BCUT2D eigenvalue weighted by Crippen LogP contribution is -2.11. The molecule has 1 amide bonds. The van der Waals surface area contributed by atoms with Crippen molar-refractivity contribution in [3.05, 3.63) is 57.5 Å². The minimum atomic E-state index is -3.49. The minimum Gasteiger partial charge on any atom is -0.506 e. The SMILES string of the molecule is CCS(=O)(=O)c1ccc(O)c(NC(=O)c2cc3cc([N+](=O)[O-])ccc3s2)c1. The Labute approximate surface area is 158 Å². The first kappa shape index (κ1) is 18.8. The molecule has 3 rings (SSSR count). The van der Waals surface area contributed by atoms with E-state index in [1.165, 1.54) is 43.3 Å². The fourth-order valence-corrected chi connectivity index (χ4v) is 4.26. The number of thiophene rings is 1. The second kappa shape index (κ2) is 6.97. The van der Waals surface area contributed by atoms with Crippen molar-refractivity contribution in [2.45, 2.75) is 11.8 Å². The van der Waals surface area contributed by atoms with E-state index in [0.29, 0.717) is 10.1 Å². The number of phenols is 1. The molecule has 0 bridgehead atoms. The number of benzene rings is 2. The van der Waals surface area contributed by atoms with Crippen LogP contribution in [0.1, 0.15) is 16.6 Å². The van der Waals surface area contributed by atoms with E-state index in [4.69, 9.17) is 0 Å². The second-order valence-electron chi connectivity index (χ2n) is 5.63. The van der Waals surface area contributed by atoms with Crippen LogP contribution in [0.25, 0.3) is 10.1 Å². The summed E-state index contributed by atoms with van der Waals surface area (Å²) in [4.78, 5) is 23.1. The molecule has 10 heteroatoms. The number of rotatable bonds is 5. The monoisotopic (exact) mass is 406 g/mol. The number of hydrogen-bond donors (Lipinski definition) is 2. The van der Waals surface area contributed by atoms with Gasteiger partial charge in [0.05, 0.1) is 26.1 Å². The van der Waals surface area contributed by atoms with E-state index in [1.807, 2.05) is 0 Å². The van der Waals surface area contributed by atoms with Gasteiger partial charge in [-0.2, -0.15) is 0 Å². The summed E-state index contributed by atoms with van der Waals surface area (Å²) in [5, 5.41) is 23.8. The number of carbonyl (C=O) groups excluding carboxylic acids is 1. The number of nitro benzene ring substituents is 1. The van der Waals surface area contributed by atoms with E-state index < -0.39 is 20.7 Å². The highest BCUT2D eigenvalue weighted by Crippen LogP contribution is 2.31. The van der Waals surface area contributed by atoms with E-state index in [0.717, 1.165) is 11.3 Å². The Morgan fingerprint density at radius 3 is 2.63 bits per heavy atom. The quantitative estimate of drug-likeness (QED) is 0.379. The van der Waals surface area contributed by atoms with Crippen molar-refractivity contribution in [2.24, 2.45) is 0 Å². The van der Waals surface area contributed by atoms with E-state index in [2.05, 4.69) is 5.32 Å². The van der Waals surface area contributed by atoms with Crippen LogP contribution in [0.3, 0.4) is 0 Å². The number of non-ortho nitro benzene ring substituents is 1. The number of nitrogens with one attached hydrogen (secondary N) is 1. The molecule has 0 spiro atoms. The number of carbonyl (C=O) groups is 1. The summed E-state index contributed by atoms with van der Waals surface area (Å²) >= 11 is 1.13. The number of hydrogen-bond acceptors (Lipinski definition) is 7. The maximum Gasteiger partial charge on any atom is 0.270 e. The largest absolute Gasteiger partial charge is 0.506 e. The highest BCUT2D eigenvalue weighted by molar-refractivity contribution is 7.91. The lowest BCUT2D eigenvalue weighted by Gasteiger charge is -2.09. The minimum absolute atomic E-state index is 0.00920. The van der Waals surface area contributed by atoms with Gasteiger partial charge in [-0.05, 0) is 30.3 Å². The molecule has 0 fully saturated rings. The molecule has 0 saturated heterocycles. The van der Waals surface area contributed by atoms with Crippen LogP contribution in [0.2, 0.25) is 0 Å². The van der Waals surface area contributed by atoms with E-state index in [9.17, 15) is 28.4 Å². The van der Waals surface area contributed by atoms with Gasteiger partial charge in [-0.15, -0.1) is 11.3 Å². The maximum atomic E-state index is 12.5. The Morgan fingerprint density at radius 2 is 1.96 bits per heavy atom. The number of phenolic OH excluding ortho intramolecular Hbond substituents is 1. The zero-order valence-electron chi connectivity index (χ0n) is 14.0. The van der Waals surface area contributed by atoms with Crippen LogP contribution in [0.15, 0.2) is 47.4 Å². The summed E-state index contributed by atoms with van der Waals surface area (Å²) < 4.78 is 24.6. The zero-order valence-corrected chi connectivity index (χ0v) is 15.6. The molecule has 1 heterocycles. The number of amides is 1. The molecule has 0 aliphatic rings. The van der Waals surface area contributed by atoms with Crippen LogP contribution in [0.5, 0.6) is 5.75 Å². The van der Waals surface area contributed by atoms with Gasteiger partial charge in [0.2, 0.25) is 0 Å². The van der Waals surface area contributed by atoms with E-state index >= 15 is 0 Å². The maximum absolute atomic E-state index is 12.5. The number of aromatic hydroxyl groups is 1. The van der Waals surface area contributed by atoms with Crippen molar-refractivity contribution in [1.29, 1.82) is 0 Å². The number of sulfone groups is 1. The van der Waals surface area contributed by atoms with Gasteiger partial charge in [0, 0.05) is 22.2 Å². The number of nitro groups is 1. The van der Waals surface area contributed by atoms with Gasteiger partial charge in [-0.1, -0.05) is 6.92 Å². The highest BCUT2D eigenvalue weighted by atomic mass is 32.2. The first-order chi connectivity index (χ1) is 12.7. The van der Waals surface area contributed by atoms with Gasteiger partial charge in [-0.25, -0.2) is 8.42 Å². The van der Waals surface area contributed by atoms with Crippen molar-refractivity contribution < 1.29 is 23.2 Å². The van der Waals surface area contributed by atoms with Gasteiger partial charge < -0.3 is 10.4 Å². The molecule has 27 heavy (non-hydrogen) atoms. The Balaban J connectivity index is 1.92. The standard InChI is InChI=1S/C17H14N2O6S2/c1-2-27(24,25)12-4-5-14(20)13(9-12)18-17(21)16-8-10-7-11(19(22)23)3-6-15(10)26-16/h3-9,20H,2H2,1H3,(H,18,21). The molecule has 1 aromatic heterocycles. The fourth-order valence-electron chi connectivity index (χ4n) is 2.42. The predicted octanol–water partition coefficient (Wildman–Crippen LogP) is 3.56. The van der Waals surface area contributed by atoms with Crippen LogP contribution >= 0.6 is 11.3 Å². The summed E-state index contributed by atoms with van der Waals surface area (Å²) in [6.45, 7) is 1.50. The molecular formula is C17H14N2O6S2. The van der Waals surface area contributed by atoms with Crippen molar-refractivity contribution in [2.75, 3.05) is 11.1 Å². The highest BCUT2D eigenvalue weighted by Gasteiger charge is 2.18. The van der Waals surface area contributed by atoms with Crippen LogP contribution in [-0.2, 0) is 9.84 Å². The van der Waals surface area contributed by atoms with E-state index in [1.54, 1.807) is 6.07 Å². The molecular weight excluding hydrogens is 392 g/mol. The van der Waals surface area contributed by atoms with Gasteiger partial charge in [0.15, 0.2) is 9.84 Å². The Kier molecular flexibility index (Phi) is 4.85. The third-order valence-corrected chi connectivity index (χ3v) is 6.74. The summed E-state index contributed by atoms with van der Waals surface area (Å²) in [5.74, 6) is -0.935. The molecule has 0 atom stereocenters. The lowest BCUT2D eigenvalue weighted by molar-refractivity contribution is -0.384. The Hall–Kier alpha value is -2.98. The smallest absolute Gasteiger partial charge is 0.270 e. The summed E-state index contributed by atoms with van der Waals surface area (Å²) in [6, 6.07) is 9.45. The van der Waals surface area contributed by atoms with Gasteiger partial charge >= 0.3 is 0 Å². The number of anilines is 1. The normalized spacial score (nSPS) is 11.4. The van der Waals surface area contributed by atoms with Crippen LogP contribution < -0.4 is 5.32 Å².